The second-order valence-electron chi connectivity index (χ2n) is 10.6. The number of aliphatic hydroxyl groups is 1. The molecule has 5 rings (SSSR count). The summed E-state index contributed by atoms with van der Waals surface area (Å²) in [6, 6.07) is 24.4. The topological polar surface area (TPSA) is 76.9 Å². The molecule has 0 saturated heterocycles. The Hall–Kier alpha value is -3.68. The summed E-state index contributed by atoms with van der Waals surface area (Å²) in [6.07, 6.45) is 6.67. The van der Waals surface area contributed by atoms with Gasteiger partial charge in [0, 0.05) is 43.3 Å². The zero-order chi connectivity index (χ0) is 27.9. The SMILES string of the molecule is CN(Cc1ccc(C(=O)O)cc1)c1nc(-c2ccc(N(CCO)Cc3ccc(C4CCCCC4)cc3)cc2)cs1. The smallest absolute Gasteiger partial charge is 0.335 e. The number of carboxylic acids is 1. The maximum Gasteiger partial charge on any atom is 0.335 e. The van der Waals surface area contributed by atoms with Crippen molar-refractivity contribution in [1.82, 2.24) is 4.98 Å². The summed E-state index contributed by atoms with van der Waals surface area (Å²) in [7, 11) is 1.99. The van der Waals surface area contributed by atoms with Crippen molar-refractivity contribution in [3.63, 3.8) is 0 Å². The lowest BCUT2D eigenvalue weighted by Crippen LogP contribution is -2.26. The minimum Gasteiger partial charge on any atom is -0.478 e. The number of aromatic nitrogens is 1. The number of thiazole rings is 1. The van der Waals surface area contributed by atoms with Crippen LogP contribution in [0.15, 0.2) is 78.2 Å². The van der Waals surface area contributed by atoms with Crippen LogP contribution in [0.4, 0.5) is 10.8 Å². The first kappa shape index (κ1) is 27.9. The normalized spacial score (nSPS) is 13.8. The molecule has 208 valence electrons. The quantitative estimate of drug-likeness (QED) is 0.204. The first-order valence-electron chi connectivity index (χ1n) is 14.0. The van der Waals surface area contributed by atoms with Crippen LogP contribution in [0.5, 0.6) is 0 Å². The van der Waals surface area contributed by atoms with Gasteiger partial charge in [-0.25, -0.2) is 9.78 Å². The van der Waals surface area contributed by atoms with Crippen LogP contribution in [-0.4, -0.2) is 41.4 Å². The van der Waals surface area contributed by atoms with Crippen molar-refractivity contribution in [3.8, 4) is 11.3 Å². The molecule has 0 bridgehead atoms. The molecular weight excluding hydrogens is 518 g/mol. The van der Waals surface area contributed by atoms with Gasteiger partial charge in [0.25, 0.3) is 0 Å². The molecule has 1 fully saturated rings. The molecule has 0 unspecified atom stereocenters. The van der Waals surface area contributed by atoms with E-state index in [4.69, 9.17) is 10.1 Å². The van der Waals surface area contributed by atoms with Gasteiger partial charge in [0.05, 0.1) is 17.9 Å². The van der Waals surface area contributed by atoms with Gasteiger partial charge in [-0.2, -0.15) is 0 Å². The second kappa shape index (κ2) is 13.1. The Morgan fingerprint density at radius 2 is 1.55 bits per heavy atom. The Balaban J connectivity index is 1.22. The lowest BCUT2D eigenvalue weighted by atomic mass is 9.84. The minimum atomic E-state index is -0.918. The van der Waals surface area contributed by atoms with Gasteiger partial charge in [-0.15, -0.1) is 11.3 Å². The molecule has 40 heavy (non-hydrogen) atoms. The zero-order valence-electron chi connectivity index (χ0n) is 23.0. The molecule has 0 radical (unpaired) electrons. The fraction of sp³-hybridized carbons (Fsp3) is 0.333. The van der Waals surface area contributed by atoms with E-state index in [9.17, 15) is 9.90 Å². The van der Waals surface area contributed by atoms with Crippen LogP contribution in [0.2, 0.25) is 0 Å². The minimum absolute atomic E-state index is 0.0999. The number of carbonyl (C=O) groups is 1. The van der Waals surface area contributed by atoms with E-state index in [1.54, 1.807) is 23.5 Å². The highest BCUT2D eigenvalue weighted by atomic mass is 32.1. The molecule has 6 nitrogen and oxygen atoms in total. The molecule has 0 aliphatic heterocycles. The van der Waals surface area contributed by atoms with Crippen molar-refractivity contribution >= 4 is 28.1 Å². The fourth-order valence-corrected chi connectivity index (χ4v) is 6.28. The summed E-state index contributed by atoms with van der Waals surface area (Å²) >= 11 is 1.59. The van der Waals surface area contributed by atoms with Crippen LogP contribution in [0.25, 0.3) is 11.3 Å². The van der Waals surface area contributed by atoms with Crippen LogP contribution in [0.3, 0.4) is 0 Å². The average molecular weight is 556 g/mol. The van der Waals surface area contributed by atoms with Crippen molar-refractivity contribution < 1.29 is 15.0 Å². The van der Waals surface area contributed by atoms with E-state index in [1.807, 2.05) is 19.2 Å². The number of hydrogen-bond acceptors (Lipinski definition) is 6. The third kappa shape index (κ3) is 6.90. The lowest BCUT2D eigenvalue weighted by molar-refractivity contribution is 0.0697. The van der Waals surface area contributed by atoms with Crippen molar-refractivity contribution in [3.05, 3.63) is 100 Å². The molecule has 1 heterocycles. The van der Waals surface area contributed by atoms with Gasteiger partial charge in [0.15, 0.2) is 5.13 Å². The van der Waals surface area contributed by atoms with Crippen LogP contribution < -0.4 is 9.80 Å². The maximum atomic E-state index is 11.1. The van der Waals surface area contributed by atoms with E-state index in [0.717, 1.165) is 34.2 Å². The highest BCUT2D eigenvalue weighted by Crippen LogP contribution is 2.33. The predicted molar refractivity (Wildman–Crippen MR) is 163 cm³/mol. The van der Waals surface area contributed by atoms with E-state index in [2.05, 4.69) is 63.7 Å². The Bertz CT molecular complexity index is 1380. The molecule has 1 saturated carbocycles. The molecule has 7 heteroatoms. The number of carboxylic acid groups (broad SMARTS) is 1. The molecule has 1 aliphatic carbocycles. The predicted octanol–water partition coefficient (Wildman–Crippen LogP) is 7.19. The number of aliphatic hydroxyl groups excluding tert-OH is 1. The van der Waals surface area contributed by atoms with E-state index in [0.29, 0.717) is 19.0 Å². The monoisotopic (exact) mass is 555 g/mol. The average Bonchev–Trinajstić information content (AvgIpc) is 3.49. The van der Waals surface area contributed by atoms with Crippen molar-refractivity contribution in [1.29, 1.82) is 0 Å². The van der Waals surface area contributed by atoms with Gasteiger partial charge in [0.1, 0.15) is 0 Å². The standard InChI is InChI=1S/C33H37N3O3S/c1-35(21-24-9-13-29(14-10-24)32(38)39)33-34-31(23-40-33)28-15-17-30(18-16-28)36(19-20-37)22-25-7-11-27(12-8-25)26-5-3-2-4-6-26/h7-18,23,26,37H,2-6,19-22H2,1H3,(H,38,39). The number of anilines is 2. The highest BCUT2D eigenvalue weighted by Gasteiger charge is 2.16. The number of rotatable bonds is 11. The molecule has 2 N–H and O–H groups in total. The third-order valence-corrected chi connectivity index (χ3v) is 8.72. The number of aromatic carboxylic acids is 1. The molecule has 0 amide bonds. The van der Waals surface area contributed by atoms with Crippen LogP contribution in [-0.2, 0) is 13.1 Å². The van der Waals surface area contributed by atoms with Crippen LogP contribution >= 0.6 is 11.3 Å². The third-order valence-electron chi connectivity index (χ3n) is 7.77. The van der Waals surface area contributed by atoms with Gasteiger partial charge >= 0.3 is 5.97 Å². The Morgan fingerprint density at radius 3 is 2.20 bits per heavy atom. The van der Waals surface area contributed by atoms with Gasteiger partial charge in [-0.1, -0.05) is 67.8 Å². The zero-order valence-corrected chi connectivity index (χ0v) is 23.8. The number of nitrogens with zero attached hydrogens (tertiary/aromatic N) is 3. The van der Waals surface area contributed by atoms with Crippen molar-refractivity contribution in [2.45, 2.75) is 51.1 Å². The maximum absolute atomic E-state index is 11.1. The largest absolute Gasteiger partial charge is 0.478 e. The first-order valence-corrected chi connectivity index (χ1v) is 14.9. The molecule has 0 spiro atoms. The molecule has 1 aromatic heterocycles. The van der Waals surface area contributed by atoms with Crippen molar-refractivity contribution in [2.75, 3.05) is 30.0 Å². The molecule has 0 atom stereocenters. The summed E-state index contributed by atoms with van der Waals surface area (Å²) in [5.74, 6) is -0.209. The van der Waals surface area contributed by atoms with Crippen LogP contribution in [0.1, 0.15) is 65.1 Å². The number of hydrogen-bond donors (Lipinski definition) is 2. The van der Waals surface area contributed by atoms with Crippen LogP contribution in [0, 0.1) is 0 Å². The van der Waals surface area contributed by atoms with Gasteiger partial charge in [-0.3, -0.25) is 0 Å². The van der Waals surface area contributed by atoms with E-state index in [-0.39, 0.29) is 12.2 Å². The summed E-state index contributed by atoms with van der Waals surface area (Å²) in [5, 5.41) is 21.8. The van der Waals surface area contributed by atoms with Crippen molar-refractivity contribution in [2.24, 2.45) is 0 Å². The molecule has 1 aliphatic rings. The lowest BCUT2D eigenvalue weighted by Gasteiger charge is -2.25. The summed E-state index contributed by atoms with van der Waals surface area (Å²) in [5.41, 5.74) is 7.08. The number of benzene rings is 3. The van der Waals surface area contributed by atoms with E-state index in [1.165, 1.54) is 43.2 Å². The van der Waals surface area contributed by atoms with Gasteiger partial charge < -0.3 is 20.0 Å². The summed E-state index contributed by atoms with van der Waals surface area (Å²) in [4.78, 5) is 20.2. The van der Waals surface area contributed by atoms with E-state index < -0.39 is 5.97 Å². The van der Waals surface area contributed by atoms with Gasteiger partial charge in [-0.05, 0) is 59.7 Å². The molecular formula is C33H37N3O3S. The summed E-state index contributed by atoms with van der Waals surface area (Å²) < 4.78 is 0. The second-order valence-corrected chi connectivity index (χ2v) is 11.5. The van der Waals surface area contributed by atoms with E-state index >= 15 is 0 Å². The molecule has 4 aromatic rings. The first-order chi connectivity index (χ1) is 19.5. The Labute approximate surface area is 240 Å². The summed E-state index contributed by atoms with van der Waals surface area (Å²) in [6.45, 7) is 2.07. The molecule has 3 aromatic carbocycles. The Morgan fingerprint density at radius 1 is 0.900 bits per heavy atom. The highest BCUT2D eigenvalue weighted by molar-refractivity contribution is 7.14. The van der Waals surface area contributed by atoms with Gasteiger partial charge in [0.2, 0.25) is 0 Å². The fourth-order valence-electron chi connectivity index (χ4n) is 5.48. The Kier molecular flexibility index (Phi) is 9.14.